The van der Waals surface area contributed by atoms with Gasteiger partial charge in [-0.15, -0.1) is 0 Å². The van der Waals surface area contributed by atoms with Gasteiger partial charge in [-0.25, -0.2) is 0 Å². The van der Waals surface area contributed by atoms with Crippen molar-refractivity contribution in [3.05, 3.63) is 0 Å². The fraction of sp³-hybridized carbons (Fsp3) is 1.00. The number of hydrogen-bond acceptors (Lipinski definition) is 6. The van der Waals surface area contributed by atoms with Gasteiger partial charge in [0.05, 0.1) is 6.23 Å². The summed E-state index contributed by atoms with van der Waals surface area (Å²) >= 11 is 0. The van der Waals surface area contributed by atoms with E-state index in [1.807, 2.05) is 0 Å². The van der Waals surface area contributed by atoms with Gasteiger partial charge in [0, 0.05) is 14.2 Å². The second-order valence-electron chi connectivity index (χ2n) is 4.58. The van der Waals surface area contributed by atoms with Crippen molar-refractivity contribution < 1.29 is 14.0 Å². The van der Waals surface area contributed by atoms with Crippen molar-refractivity contribution in [1.82, 2.24) is 10.6 Å². The lowest BCUT2D eigenvalue weighted by molar-refractivity contribution is 0.196. The first kappa shape index (κ1) is 19.0. The third-order valence-corrected chi connectivity index (χ3v) is 6.25. The van der Waals surface area contributed by atoms with Crippen molar-refractivity contribution in [2.75, 3.05) is 53.2 Å². The maximum absolute atomic E-state index is 9.29. The van der Waals surface area contributed by atoms with Crippen LogP contribution in [-0.4, -0.2) is 66.8 Å². The monoisotopic (exact) mass is 293 g/mol. The van der Waals surface area contributed by atoms with Gasteiger partial charge in [0.25, 0.3) is 0 Å². The minimum absolute atomic E-state index is 0.0189. The molecule has 0 aromatic rings. The molecule has 0 atom stereocenters. The summed E-state index contributed by atoms with van der Waals surface area (Å²) in [6.45, 7) is 4.72. The normalized spacial score (nSPS) is 12.0. The molecule has 6 nitrogen and oxygen atoms in total. The van der Waals surface area contributed by atoms with Gasteiger partial charge in [-0.3, -0.25) is 0 Å². The van der Waals surface area contributed by atoms with Crippen LogP contribution in [0.4, 0.5) is 0 Å². The molecule has 0 saturated carbocycles. The van der Waals surface area contributed by atoms with Crippen LogP contribution in [0.15, 0.2) is 0 Å². The van der Waals surface area contributed by atoms with Crippen molar-refractivity contribution in [2.24, 2.45) is 5.73 Å². The Bertz CT molecular complexity index is 187. The van der Waals surface area contributed by atoms with Crippen LogP contribution in [0, 0.1) is 0 Å². The minimum atomic E-state index is -2.32. The second-order valence-corrected chi connectivity index (χ2v) is 8.03. The van der Waals surface area contributed by atoms with E-state index < -0.39 is 8.56 Å². The standard InChI is InChI=1S/C12H31N3O3Si/c1-17-19(12-16,18-2)11-5-10-15-9-4-8-14-7-3-6-13/h14-16H,3-13H2,1-2H3. The van der Waals surface area contributed by atoms with Gasteiger partial charge in [-0.05, 0) is 58.0 Å². The predicted molar refractivity (Wildman–Crippen MR) is 80.3 cm³/mol. The molecule has 0 aromatic heterocycles. The molecule has 5 N–H and O–H groups in total. The Kier molecular flexibility index (Phi) is 13.0. The third-order valence-electron chi connectivity index (χ3n) is 3.16. The Morgan fingerprint density at radius 3 is 1.95 bits per heavy atom. The molecule has 0 aliphatic heterocycles. The quantitative estimate of drug-likeness (QED) is 0.256. The van der Waals surface area contributed by atoms with Gasteiger partial charge in [0.15, 0.2) is 0 Å². The van der Waals surface area contributed by atoms with Crippen LogP contribution in [-0.2, 0) is 8.85 Å². The lowest BCUT2D eigenvalue weighted by Crippen LogP contribution is -2.45. The van der Waals surface area contributed by atoms with Crippen LogP contribution in [0.5, 0.6) is 0 Å². The molecule has 0 aliphatic carbocycles. The Hall–Kier alpha value is -0.0231. The maximum atomic E-state index is 9.29. The molecule has 0 bridgehead atoms. The van der Waals surface area contributed by atoms with Crippen molar-refractivity contribution in [3.63, 3.8) is 0 Å². The average molecular weight is 293 g/mol. The van der Waals surface area contributed by atoms with Crippen LogP contribution < -0.4 is 16.4 Å². The van der Waals surface area contributed by atoms with E-state index in [2.05, 4.69) is 10.6 Å². The highest BCUT2D eigenvalue weighted by Gasteiger charge is 2.33. The molecule has 0 aliphatic rings. The molecule has 0 saturated heterocycles. The van der Waals surface area contributed by atoms with Gasteiger partial charge >= 0.3 is 8.56 Å². The topological polar surface area (TPSA) is 88.8 Å². The third kappa shape index (κ3) is 9.50. The van der Waals surface area contributed by atoms with Crippen LogP contribution in [0.1, 0.15) is 19.3 Å². The summed E-state index contributed by atoms with van der Waals surface area (Å²) in [6, 6.07) is 0.818. The fourth-order valence-corrected chi connectivity index (χ4v) is 3.50. The van der Waals surface area contributed by atoms with Crippen molar-refractivity contribution in [1.29, 1.82) is 0 Å². The zero-order valence-corrected chi connectivity index (χ0v) is 13.4. The summed E-state index contributed by atoms with van der Waals surface area (Å²) in [5.74, 6) is 0. The van der Waals surface area contributed by atoms with Crippen LogP contribution in [0.2, 0.25) is 6.04 Å². The molecule has 19 heavy (non-hydrogen) atoms. The van der Waals surface area contributed by atoms with E-state index in [-0.39, 0.29) is 6.23 Å². The molecule has 0 fully saturated rings. The smallest absolute Gasteiger partial charge is 0.364 e. The number of nitrogens with two attached hydrogens (primary N) is 1. The molecule has 116 valence electrons. The molecule has 0 amide bonds. The fourth-order valence-electron chi connectivity index (χ4n) is 1.79. The Balaban J connectivity index is 3.35. The summed E-state index contributed by atoms with van der Waals surface area (Å²) < 4.78 is 10.7. The molecule has 0 radical (unpaired) electrons. The molecule has 0 heterocycles. The second kappa shape index (κ2) is 13.0. The molecule has 0 rings (SSSR count). The number of aliphatic hydroxyl groups excluding tert-OH is 1. The Morgan fingerprint density at radius 2 is 1.47 bits per heavy atom. The van der Waals surface area contributed by atoms with E-state index in [9.17, 15) is 5.11 Å². The van der Waals surface area contributed by atoms with E-state index in [1.54, 1.807) is 14.2 Å². The van der Waals surface area contributed by atoms with Crippen molar-refractivity contribution >= 4 is 8.56 Å². The summed E-state index contributed by atoms with van der Waals surface area (Å²) in [6.07, 6.45) is 3.14. The van der Waals surface area contributed by atoms with Gasteiger partial charge in [0.2, 0.25) is 0 Å². The van der Waals surface area contributed by atoms with E-state index in [0.29, 0.717) is 0 Å². The molecule has 7 heteroatoms. The first-order valence-electron chi connectivity index (χ1n) is 7.07. The first-order valence-corrected chi connectivity index (χ1v) is 9.30. The van der Waals surface area contributed by atoms with E-state index in [0.717, 1.165) is 58.0 Å². The SMILES string of the molecule is CO[Si](CO)(CCCNCCCNCCCN)OC. The van der Waals surface area contributed by atoms with E-state index >= 15 is 0 Å². The largest absolute Gasteiger partial charge is 0.396 e. The van der Waals surface area contributed by atoms with Gasteiger partial charge in [0.1, 0.15) is 0 Å². The number of hydrogen-bond donors (Lipinski definition) is 4. The summed E-state index contributed by atoms with van der Waals surface area (Å²) in [4.78, 5) is 0. The lowest BCUT2D eigenvalue weighted by atomic mass is 10.3. The maximum Gasteiger partial charge on any atom is 0.364 e. The molecule has 0 unspecified atom stereocenters. The summed E-state index contributed by atoms with van der Waals surface area (Å²) in [5, 5.41) is 16.0. The van der Waals surface area contributed by atoms with Gasteiger partial charge in [-0.1, -0.05) is 0 Å². The van der Waals surface area contributed by atoms with E-state index in [1.165, 1.54) is 0 Å². The predicted octanol–water partition coefficient (Wildman–Crippen LogP) is -0.439. The van der Waals surface area contributed by atoms with Crippen molar-refractivity contribution in [2.45, 2.75) is 25.3 Å². The average Bonchev–Trinajstić information content (AvgIpc) is 2.46. The number of nitrogens with one attached hydrogen (secondary N) is 2. The summed E-state index contributed by atoms with van der Waals surface area (Å²) in [5.41, 5.74) is 5.41. The van der Waals surface area contributed by atoms with Crippen LogP contribution >= 0.6 is 0 Å². The Labute approximate surface area is 118 Å². The zero-order chi connectivity index (χ0) is 14.4. The molecular weight excluding hydrogens is 262 g/mol. The van der Waals surface area contributed by atoms with Crippen LogP contribution in [0.3, 0.4) is 0 Å². The van der Waals surface area contributed by atoms with Gasteiger partial charge < -0.3 is 30.3 Å². The zero-order valence-electron chi connectivity index (χ0n) is 12.4. The summed E-state index contributed by atoms with van der Waals surface area (Å²) in [7, 11) is 0.919. The minimum Gasteiger partial charge on any atom is -0.396 e. The van der Waals surface area contributed by atoms with Crippen LogP contribution in [0.25, 0.3) is 0 Å². The number of aliphatic hydroxyl groups is 1. The van der Waals surface area contributed by atoms with E-state index in [4.69, 9.17) is 14.6 Å². The first-order chi connectivity index (χ1) is 9.24. The highest BCUT2D eigenvalue weighted by molar-refractivity contribution is 6.67. The van der Waals surface area contributed by atoms with Gasteiger partial charge in [-0.2, -0.15) is 0 Å². The highest BCUT2D eigenvalue weighted by Crippen LogP contribution is 2.12. The molecule has 0 spiro atoms. The lowest BCUT2D eigenvalue weighted by Gasteiger charge is -2.24. The molecule has 0 aromatic carbocycles. The number of rotatable bonds is 14. The van der Waals surface area contributed by atoms with Crippen molar-refractivity contribution in [3.8, 4) is 0 Å². The Morgan fingerprint density at radius 1 is 0.947 bits per heavy atom. The molecular formula is C12H31N3O3Si. The highest BCUT2D eigenvalue weighted by atomic mass is 28.4.